The first-order chi connectivity index (χ1) is 16.6. The predicted octanol–water partition coefficient (Wildman–Crippen LogP) is 6.51. The van der Waals surface area contributed by atoms with Crippen LogP contribution in [0.5, 0.6) is 0 Å². The van der Waals surface area contributed by atoms with Gasteiger partial charge in [-0.2, -0.15) is 17.5 Å². The molecule has 196 valence electrons. The number of ether oxygens (including phenoxy) is 1. The van der Waals surface area contributed by atoms with E-state index in [1.807, 2.05) is 0 Å². The highest BCUT2D eigenvalue weighted by molar-refractivity contribution is 7.93. The molecule has 0 fully saturated rings. The quantitative estimate of drug-likeness (QED) is 0.448. The Kier molecular flexibility index (Phi) is 8.32. The molecule has 1 aliphatic rings. The number of carbonyl (C=O) groups is 2. The molecule has 2 unspecified atom stereocenters. The van der Waals surface area contributed by atoms with Crippen LogP contribution in [-0.4, -0.2) is 39.4 Å². The van der Waals surface area contributed by atoms with Crippen LogP contribution in [0.1, 0.15) is 38.3 Å². The largest absolute Gasteiger partial charge is 0.444 e. The van der Waals surface area contributed by atoms with E-state index in [4.69, 9.17) is 27.9 Å². The van der Waals surface area contributed by atoms with Crippen molar-refractivity contribution in [3.63, 3.8) is 0 Å². The van der Waals surface area contributed by atoms with Crippen LogP contribution in [0, 0.1) is 0 Å². The number of rotatable bonds is 5. The smallest absolute Gasteiger partial charge is 0.416 e. The number of amides is 2. The number of carbonyl (C=O) groups excluding carboxylic acids is 2. The Labute approximate surface area is 217 Å². The lowest BCUT2D eigenvalue weighted by Gasteiger charge is -2.25. The minimum atomic E-state index is -4.67. The van der Waals surface area contributed by atoms with Crippen molar-refractivity contribution in [1.82, 2.24) is 5.32 Å². The minimum absolute atomic E-state index is 0.0422. The average Bonchev–Trinajstić information content (AvgIpc) is 2.73. The summed E-state index contributed by atoms with van der Waals surface area (Å²) in [4.78, 5) is 24.3. The first kappa shape index (κ1) is 28.3. The van der Waals surface area contributed by atoms with Crippen molar-refractivity contribution in [2.24, 2.45) is 4.36 Å². The zero-order valence-corrected chi connectivity index (χ0v) is 22.1. The lowest BCUT2D eigenvalue weighted by molar-refractivity contribution is -0.138. The van der Waals surface area contributed by atoms with Crippen molar-refractivity contribution in [2.45, 2.75) is 51.4 Å². The Morgan fingerprint density at radius 3 is 2.44 bits per heavy atom. The van der Waals surface area contributed by atoms with E-state index in [9.17, 15) is 27.0 Å². The summed E-state index contributed by atoms with van der Waals surface area (Å²) in [5.41, 5.74) is -1.08. The Morgan fingerprint density at radius 1 is 1.17 bits per heavy atom. The van der Waals surface area contributed by atoms with E-state index in [0.717, 1.165) is 6.07 Å². The summed E-state index contributed by atoms with van der Waals surface area (Å²) in [5.74, 6) is -1.07. The SMILES string of the molecule is CC(C)(C)OC(=O)NC1CCS(=O)(CCc2ccc(-c3ccc(Cl)cc3Cl)cc2C(F)(F)F)=NC1=O. The summed E-state index contributed by atoms with van der Waals surface area (Å²) in [7, 11) is -3.10. The summed E-state index contributed by atoms with van der Waals surface area (Å²) in [6.45, 7) is 4.99. The number of hydrogen-bond donors (Lipinski definition) is 1. The molecule has 2 aromatic rings. The van der Waals surface area contributed by atoms with Crippen LogP contribution in [0.4, 0.5) is 18.0 Å². The average molecular weight is 565 g/mol. The van der Waals surface area contributed by atoms with Gasteiger partial charge in [-0.25, -0.2) is 9.00 Å². The molecule has 0 spiro atoms. The first-order valence-corrected chi connectivity index (χ1v) is 13.6. The molecular formula is C24H25Cl2F3N2O4S. The van der Waals surface area contributed by atoms with Crippen LogP contribution < -0.4 is 5.32 Å². The van der Waals surface area contributed by atoms with Crippen molar-refractivity contribution in [2.75, 3.05) is 11.5 Å². The van der Waals surface area contributed by atoms with Gasteiger partial charge in [0, 0.05) is 27.1 Å². The normalized spacial score (nSPS) is 20.6. The van der Waals surface area contributed by atoms with Crippen molar-refractivity contribution in [3.8, 4) is 11.1 Å². The van der Waals surface area contributed by atoms with Gasteiger partial charge in [0.15, 0.2) is 0 Å². The summed E-state index contributed by atoms with van der Waals surface area (Å²) in [6, 6.07) is 7.30. The number of alkyl halides is 3. The van der Waals surface area contributed by atoms with E-state index in [-0.39, 0.29) is 40.5 Å². The zero-order chi connectivity index (χ0) is 26.9. The number of aryl methyl sites for hydroxylation is 1. The zero-order valence-electron chi connectivity index (χ0n) is 19.7. The molecular weight excluding hydrogens is 540 g/mol. The molecule has 1 heterocycles. The Bertz CT molecular complexity index is 1300. The molecule has 0 aromatic heterocycles. The van der Waals surface area contributed by atoms with Crippen LogP contribution in [-0.2, 0) is 31.9 Å². The number of halogens is 5. The van der Waals surface area contributed by atoms with Crippen LogP contribution >= 0.6 is 23.2 Å². The van der Waals surface area contributed by atoms with Gasteiger partial charge in [0.25, 0.3) is 5.91 Å². The van der Waals surface area contributed by atoms with E-state index in [0.29, 0.717) is 10.6 Å². The van der Waals surface area contributed by atoms with E-state index in [1.54, 1.807) is 20.8 Å². The van der Waals surface area contributed by atoms with Gasteiger partial charge in [-0.3, -0.25) is 4.79 Å². The molecule has 0 radical (unpaired) electrons. The van der Waals surface area contributed by atoms with Crippen LogP contribution in [0.25, 0.3) is 11.1 Å². The highest BCUT2D eigenvalue weighted by Crippen LogP contribution is 2.37. The van der Waals surface area contributed by atoms with Crippen LogP contribution in [0.15, 0.2) is 40.8 Å². The molecule has 0 saturated carbocycles. The van der Waals surface area contributed by atoms with Crippen LogP contribution in [0.2, 0.25) is 10.0 Å². The van der Waals surface area contributed by atoms with Gasteiger partial charge in [0.2, 0.25) is 0 Å². The minimum Gasteiger partial charge on any atom is -0.444 e. The van der Waals surface area contributed by atoms with Gasteiger partial charge in [-0.15, -0.1) is 0 Å². The molecule has 6 nitrogen and oxygen atoms in total. The molecule has 36 heavy (non-hydrogen) atoms. The molecule has 2 aromatic carbocycles. The topological polar surface area (TPSA) is 84.8 Å². The van der Waals surface area contributed by atoms with Gasteiger partial charge in [0.05, 0.1) is 15.3 Å². The lowest BCUT2D eigenvalue weighted by atomic mass is 9.97. The Balaban J connectivity index is 1.79. The van der Waals surface area contributed by atoms with Crippen LogP contribution in [0.3, 0.4) is 0 Å². The van der Waals surface area contributed by atoms with Gasteiger partial charge >= 0.3 is 12.3 Å². The molecule has 0 aliphatic carbocycles. The fourth-order valence-electron chi connectivity index (χ4n) is 3.65. The molecule has 0 saturated heterocycles. The number of alkyl carbamates (subject to hydrolysis) is 1. The first-order valence-electron chi connectivity index (χ1n) is 11.0. The summed E-state index contributed by atoms with van der Waals surface area (Å²) >= 11 is 12.0. The molecule has 1 N–H and O–H groups in total. The maximum absolute atomic E-state index is 13.9. The standard InChI is InChI=1S/C24H25Cl2F3N2O4S/c1-23(2,3)35-22(33)30-20-9-11-36(34,31-21(20)32)10-8-14-4-5-15(12-18(14)24(27,28)29)17-7-6-16(25)13-19(17)26/h4-7,12-13,20H,8-11H2,1-3H3,(H,30,33). The van der Waals surface area contributed by atoms with Crippen molar-refractivity contribution in [3.05, 3.63) is 57.6 Å². The maximum atomic E-state index is 13.9. The van der Waals surface area contributed by atoms with E-state index >= 15 is 0 Å². The second kappa shape index (κ2) is 10.6. The summed E-state index contributed by atoms with van der Waals surface area (Å²) in [6.07, 6.45) is -5.64. The fraction of sp³-hybridized carbons (Fsp3) is 0.417. The number of nitrogens with zero attached hydrogens (tertiary/aromatic N) is 1. The highest BCUT2D eigenvalue weighted by atomic mass is 35.5. The van der Waals surface area contributed by atoms with E-state index < -0.39 is 45.1 Å². The third-order valence-electron chi connectivity index (χ3n) is 5.32. The fourth-order valence-corrected chi connectivity index (χ4v) is 6.15. The Hall–Kier alpha value is -2.30. The third kappa shape index (κ3) is 7.36. The molecule has 0 bridgehead atoms. The van der Waals surface area contributed by atoms with Gasteiger partial charge < -0.3 is 10.1 Å². The van der Waals surface area contributed by atoms with Crippen molar-refractivity contribution < 1.29 is 31.7 Å². The second-order valence-electron chi connectivity index (χ2n) is 9.34. The van der Waals surface area contributed by atoms with Gasteiger partial charge in [-0.1, -0.05) is 41.4 Å². The molecule has 2 atom stereocenters. The van der Waals surface area contributed by atoms with E-state index in [2.05, 4.69) is 9.68 Å². The molecule has 12 heteroatoms. The molecule has 1 aliphatic heterocycles. The molecule has 3 rings (SSSR count). The third-order valence-corrected chi connectivity index (χ3v) is 8.09. The number of nitrogens with one attached hydrogen (secondary N) is 1. The number of benzene rings is 2. The summed E-state index contributed by atoms with van der Waals surface area (Å²) in [5, 5.41) is 2.96. The Morgan fingerprint density at radius 2 is 1.86 bits per heavy atom. The van der Waals surface area contributed by atoms with Gasteiger partial charge in [0.1, 0.15) is 11.6 Å². The maximum Gasteiger partial charge on any atom is 0.416 e. The van der Waals surface area contributed by atoms with Crippen molar-refractivity contribution in [1.29, 1.82) is 0 Å². The monoisotopic (exact) mass is 564 g/mol. The van der Waals surface area contributed by atoms with Gasteiger partial charge in [-0.05, 0) is 62.9 Å². The van der Waals surface area contributed by atoms with Crippen molar-refractivity contribution >= 4 is 44.9 Å². The number of hydrogen-bond acceptors (Lipinski definition) is 4. The highest BCUT2D eigenvalue weighted by Gasteiger charge is 2.35. The molecule has 2 amide bonds. The lowest BCUT2D eigenvalue weighted by Crippen LogP contribution is -2.46. The predicted molar refractivity (Wildman–Crippen MR) is 134 cm³/mol. The summed E-state index contributed by atoms with van der Waals surface area (Å²) < 4.78 is 63.6. The van der Waals surface area contributed by atoms with E-state index in [1.165, 1.54) is 30.3 Å². The second-order valence-corrected chi connectivity index (χ2v) is 12.7.